The molecule has 0 heterocycles. The van der Waals surface area contributed by atoms with Gasteiger partial charge in [0.05, 0.1) is 18.2 Å². The van der Waals surface area contributed by atoms with Crippen molar-refractivity contribution < 1.29 is 42.4 Å². The average molecular weight is 880 g/mol. The molecule has 1 amide bonds. The van der Waals surface area contributed by atoms with Crippen molar-refractivity contribution in [2.75, 3.05) is 6.54 Å². The number of benzene rings is 4. The number of hydrogen-bond acceptors (Lipinski definition) is 6. The number of allylic oxidation sites excluding steroid dienone is 2. The van der Waals surface area contributed by atoms with Gasteiger partial charge in [-0.1, -0.05) is 125 Å². The molecule has 7 nitrogen and oxygen atoms in total. The number of halogens is 3. The fourth-order valence-electron chi connectivity index (χ4n) is 10.8. The van der Waals surface area contributed by atoms with Crippen molar-refractivity contribution >= 4 is 11.9 Å². The van der Waals surface area contributed by atoms with Crippen LogP contribution in [0.15, 0.2) is 109 Å². The molecular formula is C54H64F3NO6. The zero-order valence-corrected chi connectivity index (χ0v) is 37.9. The normalized spacial score (nSPS) is 26.4. The van der Waals surface area contributed by atoms with E-state index >= 15 is 0 Å². The molecule has 2 N–H and O–H groups in total. The third-order valence-electron chi connectivity index (χ3n) is 14.6. The van der Waals surface area contributed by atoms with Crippen molar-refractivity contribution in [2.24, 2.45) is 23.2 Å². The monoisotopic (exact) mass is 879 g/mol. The summed E-state index contributed by atoms with van der Waals surface area (Å²) in [6.07, 6.45) is 2.24. The number of aliphatic hydroxyl groups excluding tert-OH is 1. The maximum Gasteiger partial charge on any atom is 0.573 e. The molecule has 4 aromatic rings. The van der Waals surface area contributed by atoms with Crippen LogP contribution in [0, 0.1) is 23.2 Å². The Morgan fingerprint density at radius 1 is 0.891 bits per heavy atom. The highest BCUT2D eigenvalue weighted by Crippen LogP contribution is 2.59. The van der Waals surface area contributed by atoms with E-state index in [-0.39, 0.29) is 48.5 Å². The number of rotatable bonds is 10. The zero-order chi connectivity index (χ0) is 45.8. The summed E-state index contributed by atoms with van der Waals surface area (Å²) in [7, 11) is 0. The lowest BCUT2D eigenvalue weighted by Crippen LogP contribution is -2.54. The van der Waals surface area contributed by atoms with E-state index in [9.17, 15) is 33.0 Å². The fourth-order valence-corrected chi connectivity index (χ4v) is 10.8. The SMILES string of the molecule is CC1=CCCC2(C)C(CCC2(O)CN(Cc2ccc(OC(F)(F)F)cc2)C(=O)OC2CC(C)CCC2C(C)C)c2ccc(cc2C(=O)c2ccc(-c3ccccc3)cc2)CC(O)CC1. The molecule has 0 saturated heterocycles. The number of nitrogens with zero attached hydrogens (tertiary/aromatic N) is 1. The van der Waals surface area contributed by atoms with Crippen LogP contribution in [0.25, 0.3) is 11.1 Å². The highest BCUT2D eigenvalue weighted by atomic mass is 19.4. The third-order valence-corrected chi connectivity index (χ3v) is 14.6. The highest BCUT2D eigenvalue weighted by Gasteiger charge is 2.58. The maximum absolute atomic E-state index is 14.8. The first-order valence-electron chi connectivity index (χ1n) is 23.1. The number of ketones is 1. The lowest BCUT2D eigenvalue weighted by atomic mass is 9.64. The van der Waals surface area contributed by atoms with Gasteiger partial charge in [-0.25, -0.2) is 4.79 Å². The van der Waals surface area contributed by atoms with E-state index in [0.29, 0.717) is 67.6 Å². The van der Waals surface area contributed by atoms with Crippen molar-refractivity contribution in [3.05, 3.63) is 137 Å². The zero-order valence-electron chi connectivity index (χ0n) is 37.9. The van der Waals surface area contributed by atoms with Gasteiger partial charge < -0.3 is 24.6 Å². The van der Waals surface area contributed by atoms with Gasteiger partial charge in [0.1, 0.15) is 11.9 Å². The summed E-state index contributed by atoms with van der Waals surface area (Å²) in [6, 6.07) is 29.0. The molecule has 0 radical (unpaired) electrons. The summed E-state index contributed by atoms with van der Waals surface area (Å²) in [5, 5.41) is 24.4. The van der Waals surface area contributed by atoms with Crippen molar-refractivity contribution in [3.8, 4) is 16.9 Å². The van der Waals surface area contributed by atoms with E-state index < -0.39 is 29.6 Å². The molecule has 4 aliphatic rings. The number of aliphatic hydroxyl groups is 2. The fraction of sp³-hybridized carbons (Fsp3) is 0.481. The largest absolute Gasteiger partial charge is 0.573 e. The van der Waals surface area contributed by atoms with Crippen LogP contribution >= 0.6 is 0 Å². The predicted octanol–water partition coefficient (Wildman–Crippen LogP) is 12.6. The van der Waals surface area contributed by atoms with E-state index in [4.69, 9.17) is 4.74 Å². The Morgan fingerprint density at radius 3 is 2.28 bits per heavy atom. The van der Waals surface area contributed by atoms with Crippen molar-refractivity contribution in [3.63, 3.8) is 0 Å². The topological polar surface area (TPSA) is 96.3 Å². The van der Waals surface area contributed by atoms with Gasteiger partial charge in [-0.15, -0.1) is 13.2 Å². The first-order chi connectivity index (χ1) is 30.4. The standard InChI is InChI=1S/C54H64F3NO6/c1-35(2)45-25-14-37(4)30-49(45)63-51(61)58(33-38-15-23-44(24-16-38)64-54(55,56)57)34-53(62)29-27-48-46-26-17-39(31-43(59)22-13-36(3)10-9-28-52(48,53)5)32-47(46)50(60)42-20-18-41(19-21-42)40-11-7-6-8-12-40/h6-8,10-12,15-21,23-24,26,32,35,37,43,45,48-49,59,62H,9,13-14,22,25,27-31,33-34H2,1-5H3. The number of amides is 1. The molecule has 2 bridgehead atoms. The number of carbonyl (C=O) groups is 2. The van der Waals surface area contributed by atoms with Gasteiger partial charge in [0.15, 0.2) is 5.78 Å². The van der Waals surface area contributed by atoms with Crippen molar-refractivity contribution in [1.29, 1.82) is 0 Å². The molecule has 2 fully saturated rings. The lowest BCUT2D eigenvalue weighted by Gasteiger charge is -2.46. The molecule has 64 heavy (non-hydrogen) atoms. The van der Waals surface area contributed by atoms with Crippen LogP contribution in [-0.2, 0) is 17.7 Å². The molecular weight excluding hydrogens is 816 g/mol. The Kier molecular flexibility index (Phi) is 14.5. The van der Waals surface area contributed by atoms with Gasteiger partial charge in [-0.05, 0) is 134 Å². The van der Waals surface area contributed by atoms with Gasteiger partial charge in [-0.2, -0.15) is 0 Å². The average Bonchev–Trinajstić information content (AvgIpc) is 3.51. The van der Waals surface area contributed by atoms with E-state index in [1.807, 2.05) is 72.8 Å². The number of carbonyl (C=O) groups excluding carboxylic acids is 2. The molecule has 0 aromatic heterocycles. The van der Waals surface area contributed by atoms with Crippen LogP contribution in [-0.4, -0.2) is 57.7 Å². The molecule has 4 aliphatic carbocycles. The number of ether oxygens (including phenoxy) is 2. The van der Waals surface area contributed by atoms with Crippen molar-refractivity contribution in [2.45, 2.75) is 135 Å². The van der Waals surface area contributed by atoms with Gasteiger partial charge in [-0.3, -0.25) is 4.79 Å². The van der Waals surface area contributed by atoms with Gasteiger partial charge in [0.2, 0.25) is 0 Å². The molecule has 8 rings (SSSR count). The van der Waals surface area contributed by atoms with Crippen LogP contribution in [0.4, 0.5) is 18.0 Å². The predicted molar refractivity (Wildman–Crippen MR) is 244 cm³/mol. The van der Waals surface area contributed by atoms with Gasteiger partial charge in [0, 0.05) is 23.1 Å². The minimum absolute atomic E-state index is 0.0123. The first-order valence-corrected chi connectivity index (χ1v) is 23.1. The Bertz CT molecular complexity index is 2260. The summed E-state index contributed by atoms with van der Waals surface area (Å²) in [6.45, 7) is 10.5. The molecule has 2 saturated carbocycles. The van der Waals surface area contributed by atoms with E-state index in [2.05, 4.69) is 45.4 Å². The van der Waals surface area contributed by atoms with Gasteiger partial charge in [0.25, 0.3) is 0 Å². The summed E-state index contributed by atoms with van der Waals surface area (Å²) in [4.78, 5) is 31.0. The Labute approximate surface area is 376 Å². The highest BCUT2D eigenvalue weighted by molar-refractivity contribution is 6.10. The van der Waals surface area contributed by atoms with E-state index in [1.165, 1.54) is 29.2 Å². The van der Waals surface area contributed by atoms with Crippen LogP contribution in [0.3, 0.4) is 0 Å². The number of hydrogen-bond donors (Lipinski definition) is 2. The minimum Gasteiger partial charge on any atom is -0.446 e. The van der Waals surface area contributed by atoms with Crippen LogP contribution in [0.5, 0.6) is 5.75 Å². The summed E-state index contributed by atoms with van der Waals surface area (Å²) >= 11 is 0. The second-order valence-corrected chi connectivity index (χ2v) is 19.5. The molecule has 7 atom stereocenters. The molecule has 10 heteroatoms. The smallest absolute Gasteiger partial charge is 0.446 e. The lowest BCUT2D eigenvalue weighted by molar-refractivity contribution is -0.274. The van der Waals surface area contributed by atoms with Crippen LogP contribution in [0.2, 0.25) is 0 Å². The third kappa shape index (κ3) is 10.9. The summed E-state index contributed by atoms with van der Waals surface area (Å²) in [5.74, 6) is 0.0190. The van der Waals surface area contributed by atoms with Gasteiger partial charge >= 0.3 is 12.5 Å². The summed E-state index contributed by atoms with van der Waals surface area (Å²) < 4.78 is 49.8. The van der Waals surface area contributed by atoms with Crippen LogP contribution < -0.4 is 4.74 Å². The van der Waals surface area contributed by atoms with E-state index in [0.717, 1.165) is 47.1 Å². The minimum atomic E-state index is -4.85. The molecule has 342 valence electrons. The first kappa shape index (κ1) is 47.0. The Morgan fingerprint density at radius 2 is 1.59 bits per heavy atom. The molecule has 0 aliphatic heterocycles. The quantitative estimate of drug-likeness (QED) is 0.122. The number of alkyl halides is 3. The molecule has 7 unspecified atom stereocenters. The Balaban J connectivity index is 1.26. The molecule has 0 spiro atoms. The van der Waals surface area contributed by atoms with E-state index in [1.54, 1.807) is 0 Å². The Hall–Kier alpha value is -4.93. The van der Waals surface area contributed by atoms with Crippen LogP contribution in [0.1, 0.15) is 131 Å². The molecule has 4 aromatic carbocycles. The number of fused-ring (bicyclic) bond motifs is 8. The maximum atomic E-state index is 14.8. The second kappa shape index (κ2) is 19.7. The van der Waals surface area contributed by atoms with Crippen molar-refractivity contribution in [1.82, 2.24) is 4.90 Å². The summed E-state index contributed by atoms with van der Waals surface area (Å²) in [5.41, 5.74) is 4.16. The second-order valence-electron chi connectivity index (χ2n) is 19.5.